The number of pyridine rings is 1. The Labute approximate surface area is 134 Å². The van der Waals surface area contributed by atoms with E-state index < -0.39 is 0 Å². The molecule has 5 heteroatoms. The zero-order valence-electron chi connectivity index (χ0n) is 13.7. The number of likely N-dealkylation sites (tertiary alicyclic amines) is 1. The number of piperidine rings is 2. The SMILES string of the molecule is Bc1cccc(N2CCC(C3CCN(CCO)CC3)CC2)n1. The lowest BCUT2D eigenvalue weighted by atomic mass is 9.79. The van der Waals surface area contributed by atoms with Crippen molar-refractivity contribution >= 4 is 19.3 Å². The molecule has 2 aliphatic rings. The van der Waals surface area contributed by atoms with E-state index in [2.05, 4.69) is 40.8 Å². The second kappa shape index (κ2) is 7.47. The number of hydrogen-bond acceptors (Lipinski definition) is 4. The summed E-state index contributed by atoms with van der Waals surface area (Å²) >= 11 is 0. The molecule has 4 nitrogen and oxygen atoms in total. The van der Waals surface area contributed by atoms with Gasteiger partial charge in [-0.05, 0) is 62.3 Å². The van der Waals surface area contributed by atoms with Crippen LogP contribution in [0.5, 0.6) is 0 Å². The first-order chi connectivity index (χ1) is 10.8. The Hall–Kier alpha value is -1.07. The molecular formula is C17H28BN3O. The van der Waals surface area contributed by atoms with Gasteiger partial charge in [-0.1, -0.05) is 12.1 Å². The Bertz CT molecular complexity index is 469. The van der Waals surface area contributed by atoms with Crippen LogP contribution in [0, 0.1) is 11.8 Å². The summed E-state index contributed by atoms with van der Waals surface area (Å²) in [7, 11) is 2.07. The zero-order valence-corrected chi connectivity index (χ0v) is 13.7. The summed E-state index contributed by atoms with van der Waals surface area (Å²) in [6.45, 7) is 5.79. The molecule has 1 aromatic heterocycles. The monoisotopic (exact) mass is 301 g/mol. The quantitative estimate of drug-likeness (QED) is 0.810. The van der Waals surface area contributed by atoms with Crippen LogP contribution >= 0.6 is 0 Å². The third-order valence-electron chi connectivity index (χ3n) is 5.45. The Kier molecular flexibility index (Phi) is 5.37. The minimum Gasteiger partial charge on any atom is -0.395 e. The minimum atomic E-state index is 0.298. The third-order valence-corrected chi connectivity index (χ3v) is 5.45. The molecule has 3 heterocycles. The highest BCUT2D eigenvalue weighted by Gasteiger charge is 2.29. The van der Waals surface area contributed by atoms with E-state index in [0.717, 1.165) is 42.9 Å². The van der Waals surface area contributed by atoms with Crippen LogP contribution in [0.4, 0.5) is 5.82 Å². The maximum Gasteiger partial charge on any atom is 0.164 e. The summed E-state index contributed by atoms with van der Waals surface area (Å²) in [6.07, 6.45) is 5.24. The fraction of sp³-hybridized carbons (Fsp3) is 0.706. The third kappa shape index (κ3) is 3.82. The number of rotatable bonds is 4. The van der Waals surface area contributed by atoms with E-state index in [1.165, 1.54) is 38.8 Å². The summed E-state index contributed by atoms with van der Waals surface area (Å²) in [4.78, 5) is 9.51. The number of aliphatic hydroxyl groups is 1. The van der Waals surface area contributed by atoms with Gasteiger partial charge in [-0.25, -0.2) is 4.98 Å². The van der Waals surface area contributed by atoms with Gasteiger partial charge in [-0.3, -0.25) is 0 Å². The van der Waals surface area contributed by atoms with E-state index in [-0.39, 0.29) is 0 Å². The molecule has 120 valence electrons. The van der Waals surface area contributed by atoms with Crippen LogP contribution in [0.2, 0.25) is 0 Å². The van der Waals surface area contributed by atoms with Crippen molar-refractivity contribution in [2.75, 3.05) is 44.2 Å². The first kappa shape index (κ1) is 15.8. The van der Waals surface area contributed by atoms with Crippen molar-refractivity contribution in [1.82, 2.24) is 9.88 Å². The van der Waals surface area contributed by atoms with Crippen molar-refractivity contribution < 1.29 is 5.11 Å². The molecule has 2 saturated heterocycles. The van der Waals surface area contributed by atoms with Gasteiger partial charge in [0.05, 0.1) is 6.61 Å². The Morgan fingerprint density at radius 1 is 1.05 bits per heavy atom. The average molecular weight is 301 g/mol. The van der Waals surface area contributed by atoms with Crippen LogP contribution in [0.25, 0.3) is 0 Å². The largest absolute Gasteiger partial charge is 0.395 e. The molecule has 0 aromatic carbocycles. The lowest BCUT2D eigenvalue weighted by molar-refractivity contribution is 0.115. The molecule has 0 aliphatic carbocycles. The van der Waals surface area contributed by atoms with Crippen molar-refractivity contribution in [3.63, 3.8) is 0 Å². The van der Waals surface area contributed by atoms with Gasteiger partial charge in [0.2, 0.25) is 0 Å². The Morgan fingerprint density at radius 2 is 1.68 bits per heavy atom. The summed E-state index contributed by atoms with van der Waals surface area (Å²) in [5, 5.41) is 9.04. The number of nitrogens with zero attached hydrogens (tertiary/aromatic N) is 3. The van der Waals surface area contributed by atoms with Gasteiger partial charge in [0.15, 0.2) is 7.85 Å². The molecule has 1 aromatic rings. The van der Waals surface area contributed by atoms with Crippen molar-refractivity contribution in [3.8, 4) is 0 Å². The number of hydrogen-bond donors (Lipinski definition) is 1. The fourth-order valence-electron chi connectivity index (χ4n) is 4.09. The number of β-amino-alcohol motifs (C(OH)–C–C–N with tert-alkyl or cyclic N) is 1. The van der Waals surface area contributed by atoms with Crippen LogP contribution in [0.3, 0.4) is 0 Å². The van der Waals surface area contributed by atoms with Gasteiger partial charge in [0.1, 0.15) is 5.82 Å². The van der Waals surface area contributed by atoms with Gasteiger partial charge in [-0.15, -0.1) is 0 Å². The molecule has 0 saturated carbocycles. The van der Waals surface area contributed by atoms with Crippen LogP contribution in [-0.2, 0) is 0 Å². The molecule has 22 heavy (non-hydrogen) atoms. The summed E-state index contributed by atoms with van der Waals surface area (Å²) in [6, 6.07) is 6.32. The lowest BCUT2D eigenvalue weighted by Crippen LogP contribution is -2.41. The predicted octanol–water partition coefficient (Wildman–Crippen LogP) is 0.261. The van der Waals surface area contributed by atoms with Gasteiger partial charge in [0.25, 0.3) is 0 Å². The van der Waals surface area contributed by atoms with Crippen molar-refractivity contribution in [2.45, 2.75) is 25.7 Å². The maximum absolute atomic E-state index is 9.04. The number of aliphatic hydroxyl groups excluding tert-OH is 1. The first-order valence-corrected chi connectivity index (χ1v) is 8.78. The summed E-state index contributed by atoms with van der Waals surface area (Å²) < 4.78 is 0. The van der Waals surface area contributed by atoms with E-state index >= 15 is 0 Å². The standard InChI is InChI=1S/C17H28BN3O/c18-16-2-1-3-17(19-16)21-10-6-15(7-11-21)14-4-8-20(9-5-14)12-13-22/h1-3,14-15,22H,4-13,18H2. The van der Waals surface area contributed by atoms with E-state index in [1.54, 1.807) is 0 Å². The van der Waals surface area contributed by atoms with Crippen molar-refractivity contribution in [2.24, 2.45) is 11.8 Å². The summed E-state index contributed by atoms with van der Waals surface area (Å²) in [5.74, 6) is 2.93. The Morgan fingerprint density at radius 3 is 2.27 bits per heavy atom. The fourth-order valence-corrected chi connectivity index (χ4v) is 4.09. The Balaban J connectivity index is 1.48. The molecule has 2 aliphatic heterocycles. The van der Waals surface area contributed by atoms with Crippen molar-refractivity contribution in [1.29, 1.82) is 0 Å². The van der Waals surface area contributed by atoms with Crippen molar-refractivity contribution in [3.05, 3.63) is 18.2 Å². The highest BCUT2D eigenvalue weighted by molar-refractivity contribution is 6.30. The molecule has 2 fully saturated rings. The van der Waals surface area contributed by atoms with Crippen LogP contribution in [0.15, 0.2) is 18.2 Å². The van der Waals surface area contributed by atoms with E-state index in [9.17, 15) is 0 Å². The zero-order chi connectivity index (χ0) is 15.4. The topological polar surface area (TPSA) is 39.6 Å². The molecule has 0 atom stereocenters. The van der Waals surface area contributed by atoms with Gasteiger partial charge < -0.3 is 14.9 Å². The van der Waals surface area contributed by atoms with Crippen LogP contribution in [0.1, 0.15) is 25.7 Å². The van der Waals surface area contributed by atoms with E-state index in [1.807, 2.05) is 0 Å². The molecule has 1 N–H and O–H groups in total. The maximum atomic E-state index is 9.04. The molecule has 0 bridgehead atoms. The van der Waals surface area contributed by atoms with Crippen LogP contribution in [-0.4, -0.2) is 62.2 Å². The highest BCUT2D eigenvalue weighted by Crippen LogP contribution is 2.33. The normalized spacial score (nSPS) is 22.1. The summed E-state index contributed by atoms with van der Waals surface area (Å²) in [5.41, 5.74) is 1.11. The lowest BCUT2D eigenvalue weighted by Gasteiger charge is -2.40. The molecule has 0 radical (unpaired) electrons. The highest BCUT2D eigenvalue weighted by atomic mass is 16.3. The smallest absolute Gasteiger partial charge is 0.164 e. The molecular weight excluding hydrogens is 273 g/mol. The molecule has 3 rings (SSSR count). The van der Waals surface area contributed by atoms with Gasteiger partial charge in [0, 0.05) is 19.6 Å². The number of anilines is 1. The second-order valence-electron chi connectivity index (χ2n) is 6.86. The van der Waals surface area contributed by atoms with Gasteiger partial charge >= 0.3 is 0 Å². The van der Waals surface area contributed by atoms with E-state index in [0.29, 0.717) is 6.61 Å². The molecule has 0 amide bonds. The molecule has 0 spiro atoms. The minimum absolute atomic E-state index is 0.298. The first-order valence-electron chi connectivity index (χ1n) is 8.78. The second-order valence-corrected chi connectivity index (χ2v) is 6.86. The van der Waals surface area contributed by atoms with Crippen LogP contribution < -0.4 is 10.5 Å². The number of aromatic nitrogens is 1. The predicted molar refractivity (Wildman–Crippen MR) is 93.6 cm³/mol. The van der Waals surface area contributed by atoms with Gasteiger partial charge in [-0.2, -0.15) is 0 Å². The van der Waals surface area contributed by atoms with E-state index in [4.69, 9.17) is 5.11 Å². The average Bonchev–Trinajstić information content (AvgIpc) is 2.56. The molecule has 0 unspecified atom stereocenters.